The van der Waals surface area contributed by atoms with Gasteiger partial charge in [0.15, 0.2) is 6.61 Å². The van der Waals surface area contributed by atoms with E-state index in [0.717, 1.165) is 0 Å². The summed E-state index contributed by atoms with van der Waals surface area (Å²) >= 11 is 0. The number of nitrogens with zero attached hydrogens (tertiary/aromatic N) is 1. The van der Waals surface area contributed by atoms with Crippen molar-refractivity contribution < 1.29 is 28.7 Å². The van der Waals surface area contributed by atoms with E-state index in [4.69, 9.17) is 9.47 Å². The zero-order valence-electron chi connectivity index (χ0n) is 17.0. The summed E-state index contributed by atoms with van der Waals surface area (Å²) in [5.41, 5.74) is 2.77. The van der Waals surface area contributed by atoms with Gasteiger partial charge in [-0.3, -0.25) is 19.3 Å². The van der Waals surface area contributed by atoms with Gasteiger partial charge in [-0.05, 0) is 26.8 Å². The monoisotopic (exact) mass is 410 g/mol. The molecule has 156 valence electrons. The fourth-order valence-electron chi connectivity index (χ4n) is 3.48. The molecule has 0 unspecified atom stereocenters. The van der Waals surface area contributed by atoms with Crippen molar-refractivity contribution in [1.82, 2.24) is 9.88 Å². The molecule has 30 heavy (non-hydrogen) atoms. The third kappa shape index (κ3) is 3.76. The Bertz CT molecular complexity index is 1030. The second-order valence-corrected chi connectivity index (χ2v) is 6.81. The van der Waals surface area contributed by atoms with Crippen molar-refractivity contribution in [3.8, 4) is 0 Å². The van der Waals surface area contributed by atoms with Gasteiger partial charge in [-0.2, -0.15) is 0 Å². The van der Waals surface area contributed by atoms with Crippen molar-refractivity contribution in [3.05, 3.63) is 64.5 Å². The van der Waals surface area contributed by atoms with E-state index in [-0.39, 0.29) is 30.2 Å². The van der Waals surface area contributed by atoms with Crippen LogP contribution in [0.15, 0.2) is 30.8 Å². The summed E-state index contributed by atoms with van der Waals surface area (Å²) in [6.07, 6.45) is 0. The molecule has 0 aliphatic carbocycles. The van der Waals surface area contributed by atoms with Crippen molar-refractivity contribution in [3.63, 3.8) is 0 Å². The van der Waals surface area contributed by atoms with Gasteiger partial charge >= 0.3 is 11.9 Å². The first-order valence-corrected chi connectivity index (χ1v) is 9.41. The van der Waals surface area contributed by atoms with Gasteiger partial charge in [0.25, 0.3) is 5.91 Å². The van der Waals surface area contributed by atoms with Crippen LogP contribution >= 0.6 is 0 Å². The molecule has 0 radical (unpaired) electrons. The van der Waals surface area contributed by atoms with Crippen LogP contribution < -0.4 is 0 Å². The maximum absolute atomic E-state index is 12.7. The molecule has 3 rings (SSSR count). The van der Waals surface area contributed by atoms with E-state index in [1.807, 2.05) is 0 Å². The van der Waals surface area contributed by atoms with Gasteiger partial charge < -0.3 is 14.5 Å². The number of amides is 1. The number of esters is 2. The van der Waals surface area contributed by atoms with E-state index < -0.39 is 24.3 Å². The summed E-state index contributed by atoms with van der Waals surface area (Å²) in [6.45, 7) is 8.07. The molecule has 0 spiro atoms. The number of carbonyl (C=O) groups excluding carboxylic acids is 4. The summed E-state index contributed by atoms with van der Waals surface area (Å²) in [6, 6.07) is 6.91. The smallest absolute Gasteiger partial charge is 0.340 e. The second-order valence-electron chi connectivity index (χ2n) is 6.81. The number of fused-ring (bicyclic) bond motifs is 1. The predicted molar refractivity (Wildman–Crippen MR) is 108 cm³/mol. The number of aromatic nitrogens is 1. The lowest BCUT2D eigenvalue weighted by atomic mass is 10.1. The van der Waals surface area contributed by atoms with E-state index in [9.17, 15) is 19.2 Å². The molecule has 0 fully saturated rings. The van der Waals surface area contributed by atoms with Crippen LogP contribution in [0.2, 0.25) is 0 Å². The number of aryl methyl sites for hydroxylation is 2. The van der Waals surface area contributed by atoms with Crippen LogP contribution in [0.1, 0.15) is 54.9 Å². The van der Waals surface area contributed by atoms with E-state index >= 15 is 0 Å². The average molecular weight is 410 g/mol. The summed E-state index contributed by atoms with van der Waals surface area (Å²) in [5.74, 6) is -2.26. The molecule has 1 aromatic carbocycles. The molecular formula is C22H22N2O6. The highest BCUT2D eigenvalue weighted by Crippen LogP contribution is 2.30. The first-order chi connectivity index (χ1) is 14.3. The Hall–Kier alpha value is -3.68. The number of rotatable bonds is 7. The second kappa shape index (κ2) is 8.36. The largest absolute Gasteiger partial charge is 0.462 e. The van der Waals surface area contributed by atoms with Gasteiger partial charge in [-0.15, -0.1) is 0 Å². The summed E-state index contributed by atoms with van der Waals surface area (Å²) in [7, 11) is 0. The number of benzene rings is 1. The minimum Gasteiger partial charge on any atom is -0.462 e. The standard InChI is InChI=1S/C22H22N2O6/c1-5-29-22(28)20-13(3)23-12(2)19(20)17(25)11-30-18(26)10-24-14(4)15-8-6-7-9-16(15)21(24)27/h6-9,23H,4-5,10-11H2,1-3H3. The number of ketones is 1. The van der Waals surface area contributed by atoms with Gasteiger partial charge in [0.2, 0.25) is 5.78 Å². The molecule has 2 aromatic rings. The van der Waals surface area contributed by atoms with Crippen molar-refractivity contribution in [2.75, 3.05) is 19.8 Å². The van der Waals surface area contributed by atoms with E-state index in [0.29, 0.717) is 28.2 Å². The maximum Gasteiger partial charge on any atom is 0.340 e. The molecule has 0 atom stereocenters. The Kier molecular flexibility index (Phi) is 5.86. The van der Waals surface area contributed by atoms with Crippen LogP contribution in [0.5, 0.6) is 0 Å². The number of carbonyl (C=O) groups is 4. The number of H-pyrrole nitrogens is 1. The zero-order valence-corrected chi connectivity index (χ0v) is 17.0. The van der Waals surface area contributed by atoms with Crippen LogP contribution in [0.4, 0.5) is 0 Å². The maximum atomic E-state index is 12.7. The molecule has 2 heterocycles. The fourth-order valence-corrected chi connectivity index (χ4v) is 3.48. The Morgan fingerprint density at radius 1 is 1.03 bits per heavy atom. The molecule has 8 nitrogen and oxygen atoms in total. The fraction of sp³-hybridized carbons (Fsp3) is 0.273. The Morgan fingerprint density at radius 3 is 2.30 bits per heavy atom. The Balaban J connectivity index is 1.67. The van der Waals surface area contributed by atoms with Crippen LogP contribution in [-0.2, 0) is 14.3 Å². The van der Waals surface area contributed by atoms with E-state index in [1.165, 1.54) is 4.90 Å². The minimum absolute atomic E-state index is 0.132. The summed E-state index contributed by atoms with van der Waals surface area (Å²) < 4.78 is 10.1. The normalized spacial score (nSPS) is 12.7. The van der Waals surface area contributed by atoms with Gasteiger partial charge in [0.1, 0.15) is 6.54 Å². The molecule has 8 heteroatoms. The number of nitrogens with one attached hydrogen (secondary N) is 1. The quantitative estimate of drug-likeness (QED) is 0.556. The molecule has 0 saturated heterocycles. The lowest BCUT2D eigenvalue weighted by Gasteiger charge is -2.16. The summed E-state index contributed by atoms with van der Waals surface area (Å²) in [5, 5.41) is 0. The zero-order chi connectivity index (χ0) is 22.0. The van der Waals surface area contributed by atoms with Crippen LogP contribution in [0.25, 0.3) is 5.70 Å². The van der Waals surface area contributed by atoms with Gasteiger partial charge in [0, 0.05) is 28.2 Å². The number of hydrogen-bond donors (Lipinski definition) is 1. The van der Waals surface area contributed by atoms with Gasteiger partial charge in [0.05, 0.1) is 17.7 Å². The molecule has 1 aliphatic heterocycles. The van der Waals surface area contributed by atoms with Crippen molar-refractivity contribution in [2.45, 2.75) is 20.8 Å². The molecular weight excluding hydrogens is 388 g/mol. The SMILES string of the molecule is C=C1c2ccccc2C(=O)N1CC(=O)OCC(=O)c1c(C)[nH]c(C)c1C(=O)OCC. The molecule has 0 saturated carbocycles. The van der Waals surface area contributed by atoms with Gasteiger partial charge in [-0.1, -0.05) is 24.8 Å². The number of hydrogen-bond acceptors (Lipinski definition) is 6. The highest BCUT2D eigenvalue weighted by Gasteiger charge is 2.33. The van der Waals surface area contributed by atoms with Crippen LogP contribution in [-0.4, -0.2) is 53.3 Å². The van der Waals surface area contributed by atoms with E-state index in [2.05, 4.69) is 11.6 Å². The lowest BCUT2D eigenvalue weighted by Crippen LogP contribution is -2.31. The lowest BCUT2D eigenvalue weighted by molar-refractivity contribution is -0.142. The topological polar surface area (TPSA) is 106 Å². The van der Waals surface area contributed by atoms with Crippen LogP contribution in [0, 0.1) is 13.8 Å². The molecule has 1 aromatic heterocycles. The Morgan fingerprint density at radius 2 is 1.67 bits per heavy atom. The molecule has 1 aliphatic rings. The number of ether oxygens (including phenoxy) is 2. The molecule has 1 amide bonds. The van der Waals surface area contributed by atoms with Crippen LogP contribution in [0.3, 0.4) is 0 Å². The van der Waals surface area contributed by atoms with Crippen molar-refractivity contribution in [2.24, 2.45) is 0 Å². The highest BCUT2D eigenvalue weighted by atomic mass is 16.5. The van der Waals surface area contributed by atoms with Crippen molar-refractivity contribution in [1.29, 1.82) is 0 Å². The van der Waals surface area contributed by atoms with Gasteiger partial charge in [-0.25, -0.2) is 4.79 Å². The van der Waals surface area contributed by atoms with Crippen molar-refractivity contribution >= 4 is 29.3 Å². The number of Topliss-reactive ketones (excluding diaryl/α,β-unsaturated/α-hetero) is 1. The minimum atomic E-state index is -0.756. The molecule has 0 bridgehead atoms. The highest BCUT2D eigenvalue weighted by molar-refractivity contribution is 6.11. The van der Waals surface area contributed by atoms with E-state index in [1.54, 1.807) is 45.0 Å². The number of aromatic amines is 1. The predicted octanol–water partition coefficient (Wildman–Crippen LogP) is 2.66. The molecule has 1 N–H and O–H groups in total. The average Bonchev–Trinajstić information content (AvgIpc) is 3.14. The Labute approximate surface area is 173 Å². The third-order valence-electron chi connectivity index (χ3n) is 4.82. The summed E-state index contributed by atoms with van der Waals surface area (Å²) in [4.78, 5) is 53.7. The first kappa shape index (κ1) is 21.0. The third-order valence-corrected chi connectivity index (χ3v) is 4.82. The first-order valence-electron chi connectivity index (χ1n) is 9.41.